The van der Waals surface area contributed by atoms with Crippen LogP contribution in [0.2, 0.25) is 0 Å². The molecule has 1 atom stereocenters. The van der Waals surface area contributed by atoms with Crippen LogP contribution >= 0.6 is 28.3 Å². The SMILES string of the molecule is CCCCCCCCCCCCPI. The minimum absolute atomic E-state index is 1.14. The number of halogens is 1. The molecule has 0 radical (unpaired) electrons. The molecule has 0 fully saturated rings. The highest BCUT2D eigenvalue weighted by Crippen LogP contribution is 2.22. The van der Waals surface area contributed by atoms with Gasteiger partial charge in [-0.1, -0.05) is 93.0 Å². The summed E-state index contributed by atoms with van der Waals surface area (Å²) in [4.78, 5) is 0. The summed E-state index contributed by atoms with van der Waals surface area (Å²) in [6.45, 7) is 2.29. The van der Waals surface area contributed by atoms with Gasteiger partial charge in [-0.15, -0.1) is 0 Å². The number of hydrogen-bond acceptors (Lipinski definition) is 0. The summed E-state index contributed by atoms with van der Waals surface area (Å²) in [5, 5.41) is 0. The molecule has 14 heavy (non-hydrogen) atoms. The normalized spacial score (nSPS) is 11.6. The largest absolute Gasteiger partial charge is 0.0654 e. The Balaban J connectivity index is 2.78. The summed E-state index contributed by atoms with van der Waals surface area (Å²) in [5.41, 5.74) is 0. The molecule has 0 aliphatic carbocycles. The van der Waals surface area contributed by atoms with Crippen molar-refractivity contribution in [3.8, 4) is 0 Å². The van der Waals surface area contributed by atoms with Crippen molar-refractivity contribution in [1.82, 2.24) is 0 Å². The molecule has 0 saturated heterocycles. The maximum absolute atomic E-state index is 2.50. The number of hydrogen-bond donors (Lipinski definition) is 0. The van der Waals surface area contributed by atoms with Crippen molar-refractivity contribution < 1.29 is 0 Å². The Morgan fingerprint density at radius 2 is 1.14 bits per heavy atom. The van der Waals surface area contributed by atoms with Crippen LogP contribution in [-0.2, 0) is 0 Å². The molecule has 0 spiro atoms. The van der Waals surface area contributed by atoms with Gasteiger partial charge in [0.1, 0.15) is 0 Å². The molecule has 0 heterocycles. The van der Waals surface area contributed by atoms with Crippen molar-refractivity contribution in [3.05, 3.63) is 0 Å². The van der Waals surface area contributed by atoms with E-state index in [9.17, 15) is 0 Å². The highest BCUT2D eigenvalue weighted by molar-refractivity contribution is 14.2. The zero-order valence-electron chi connectivity index (χ0n) is 9.66. The zero-order valence-corrected chi connectivity index (χ0v) is 12.8. The monoisotopic (exact) mass is 328 g/mol. The lowest BCUT2D eigenvalue weighted by Gasteiger charge is -2.01. The second-order valence-corrected chi connectivity index (χ2v) is 7.12. The predicted molar refractivity (Wildman–Crippen MR) is 79.0 cm³/mol. The van der Waals surface area contributed by atoms with Gasteiger partial charge in [-0.25, -0.2) is 0 Å². The van der Waals surface area contributed by atoms with Crippen LogP contribution in [0.4, 0.5) is 0 Å². The molecule has 0 nitrogen and oxygen atoms in total. The van der Waals surface area contributed by atoms with E-state index in [4.69, 9.17) is 0 Å². The van der Waals surface area contributed by atoms with Gasteiger partial charge in [0, 0.05) is 0 Å². The van der Waals surface area contributed by atoms with Crippen LogP contribution < -0.4 is 0 Å². The minimum atomic E-state index is 1.14. The molecule has 0 aromatic heterocycles. The maximum Gasteiger partial charge on any atom is -0.0263 e. The number of rotatable bonds is 11. The molecule has 1 unspecified atom stereocenters. The van der Waals surface area contributed by atoms with Gasteiger partial charge in [0.25, 0.3) is 0 Å². The van der Waals surface area contributed by atoms with Crippen LogP contribution in [0.15, 0.2) is 0 Å². The first kappa shape index (κ1) is 15.2. The Labute approximate surface area is 105 Å². The highest BCUT2D eigenvalue weighted by Gasteiger charge is 1.91. The summed E-state index contributed by atoms with van der Waals surface area (Å²) in [7, 11) is 0. The first-order valence-corrected chi connectivity index (χ1v) is 10.6. The third kappa shape index (κ3) is 13.2. The van der Waals surface area contributed by atoms with Crippen LogP contribution in [0.25, 0.3) is 0 Å². The molecule has 0 bridgehead atoms. The summed E-state index contributed by atoms with van der Waals surface area (Å²) in [5.74, 6) is 0. The van der Waals surface area contributed by atoms with Gasteiger partial charge in [0.2, 0.25) is 0 Å². The molecule has 0 N–H and O–H groups in total. The van der Waals surface area contributed by atoms with Crippen molar-refractivity contribution in [3.63, 3.8) is 0 Å². The summed E-state index contributed by atoms with van der Waals surface area (Å²) in [6, 6.07) is 0. The Kier molecular flexibility index (Phi) is 15.3. The Bertz CT molecular complexity index is 84.3. The fraction of sp³-hybridized carbons (Fsp3) is 1.00. The highest BCUT2D eigenvalue weighted by atomic mass is 127. The summed E-state index contributed by atoms with van der Waals surface area (Å²) >= 11 is 2.50. The third-order valence-corrected chi connectivity index (χ3v) is 4.79. The van der Waals surface area contributed by atoms with Gasteiger partial charge >= 0.3 is 0 Å². The lowest BCUT2D eigenvalue weighted by molar-refractivity contribution is 0.563. The molecule has 0 aromatic carbocycles. The average molecular weight is 328 g/mol. The molecule has 86 valence electrons. The van der Waals surface area contributed by atoms with Crippen molar-refractivity contribution in [2.75, 3.05) is 6.16 Å². The Morgan fingerprint density at radius 3 is 1.57 bits per heavy atom. The van der Waals surface area contributed by atoms with E-state index in [1.54, 1.807) is 0 Å². The molecule has 0 aliphatic heterocycles. The zero-order chi connectivity index (χ0) is 10.5. The van der Waals surface area contributed by atoms with Crippen LogP contribution in [0.3, 0.4) is 0 Å². The average Bonchev–Trinajstić information content (AvgIpc) is 2.21. The standard InChI is InChI=1S/C12H26IP/c1-2-3-4-5-6-7-8-9-10-11-12-14-13/h14H,2-12H2,1H3. The second-order valence-electron chi connectivity index (χ2n) is 4.07. The summed E-state index contributed by atoms with van der Waals surface area (Å²) in [6.07, 6.45) is 17.2. The molecule has 0 aromatic rings. The van der Waals surface area contributed by atoms with E-state index in [-0.39, 0.29) is 0 Å². The smallest absolute Gasteiger partial charge is 0.0263 e. The summed E-state index contributed by atoms with van der Waals surface area (Å²) < 4.78 is 0. The van der Waals surface area contributed by atoms with Crippen LogP contribution in [-0.4, -0.2) is 6.16 Å². The second kappa shape index (κ2) is 14.2. The molecule has 0 amide bonds. The lowest BCUT2D eigenvalue weighted by Crippen LogP contribution is -1.82. The van der Waals surface area contributed by atoms with Gasteiger partial charge in [-0.2, -0.15) is 0 Å². The van der Waals surface area contributed by atoms with E-state index < -0.39 is 0 Å². The van der Waals surface area contributed by atoms with Crippen molar-refractivity contribution >= 4 is 28.3 Å². The van der Waals surface area contributed by atoms with Gasteiger partial charge in [-0.05, 0) is 12.6 Å². The van der Waals surface area contributed by atoms with Crippen LogP contribution in [0, 0.1) is 0 Å². The van der Waals surface area contributed by atoms with Crippen molar-refractivity contribution in [1.29, 1.82) is 0 Å². The van der Waals surface area contributed by atoms with E-state index >= 15 is 0 Å². The van der Waals surface area contributed by atoms with E-state index in [0.29, 0.717) is 0 Å². The van der Waals surface area contributed by atoms with E-state index in [0.717, 1.165) is 6.22 Å². The van der Waals surface area contributed by atoms with Crippen LogP contribution in [0.1, 0.15) is 71.1 Å². The minimum Gasteiger partial charge on any atom is -0.0654 e. The molecule has 0 saturated carbocycles. The fourth-order valence-corrected chi connectivity index (χ4v) is 3.21. The van der Waals surface area contributed by atoms with Gasteiger partial charge in [-0.3, -0.25) is 0 Å². The third-order valence-electron chi connectivity index (χ3n) is 2.62. The van der Waals surface area contributed by atoms with Gasteiger partial charge in [0.05, 0.1) is 0 Å². The first-order chi connectivity index (χ1) is 6.91. The maximum atomic E-state index is 2.50. The fourth-order valence-electron chi connectivity index (χ4n) is 1.68. The molecule has 0 rings (SSSR count). The van der Waals surface area contributed by atoms with Gasteiger partial charge in [0.15, 0.2) is 0 Å². The van der Waals surface area contributed by atoms with E-state index in [1.165, 1.54) is 70.4 Å². The first-order valence-electron chi connectivity index (χ1n) is 6.25. The number of unbranched alkanes of at least 4 members (excludes halogenated alkanes) is 9. The van der Waals surface area contributed by atoms with Crippen molar-refractivity contribution in [2.24, 2.45) is 0 Å². The molecule has 0 aliphatic rings. The lowest BCUT2D eigenvalue weighted by atomic mass is 10.1. The van der Waals surface area contributed by atoms with Crippen molar-refractivity contribution in [2.45, 2.75) is 71.1 Å². The van der Waals surface area contributed by atoms with E-state index in [1.807, 2.05) is 0 Å². The van der Waals surface area contributed by atoms with Crippen LogP contribution in [0.5, 0.6) is 0 Å². The molecular formula is C12H26IP. The van der Waals surface area contributed by atoms with Gasteiger partial charge < -0.3 is 0 Å². The molecular weight excluding hydrogens is 302 g/mol. The van der Waals surface area contributed by atoms with E-state index in [2.05, 4.69) is 29.0 Å². The topological polar surface area (TPSA) is 0 Å². The molecule has 2 heteroatoms. The predicted octanol–water partition coefficient (Wildman–Crippen LogP) is 5.94. The quantitative estimate of drug-likeness (QED) is 0.250. The Hall–Kier alpha value is 1.16. The Morgan fingerprint density at radius 1 is 0.714 bits per heavy atom.